The van der Waals surface area contributed by atoms with Crippen molar-refractivity contribution in [1.29, 1.82) is 5.26 Å². The number of nitrogens with zero attached hydrogens (tertiary/aromatic N) is 3. The van der Waals surface area contributed by atoms with Crippen molar-refractivity contribution < 1.29 is 24.4 Å². The lowest BCUT2D eigenvalue weighted by Crippen LogP contribution is -2.42. The van der Waals surface area contributed by atoms with E-state index in [1.807, 2.05) is 0 Å². The van der Waals surface area contributed by atoms with Gasteiger partial charge in [-0.2, -0.15) is 5.26 Å². The molecule has 2 aromatic rings. The van der Waals surface area contributed by atoms with Crippen molar-refractivity contribution in [3.63, 3.8) is 0 Å². The first-order chi connectivity index (χ1) is 10.4. The molecule has 0 amide bonds. The molecule has 10 heteroatoms. The molecule has 116 valence electrons. The standard InChI is InChI=1S/C12H11FN4O5/c13-12(3-18)8(20)7(19)11(22-12)17-2-5(1-14)6-9(17)15-4-16-10(6)21/h2,4,7-8,11,18-20H,3H2,(H,15,16,21)/t7-,8+,11-,12-/m1/s1. The SMILES string of the molecule is N#Cc1cn([C@@H]2O[C@](F)(CO)[C@@H](O)[C@H]2O)c2nc[nH]c(=O)c12. The third-order valence-corrected chi connectivity index (χ3v) is 3.60. The highest BCUT2D eigenvalue weighted by Gasteiger charge is 2.56. The average Bonchev–Trinajstić information content (AvgIpc) is 3.00. The van der Waals surface area contributed by atoms with E-state index in [1.165, 1.54) is 0 Å². The van der Waals surface area contributed by atoms with E-state index in [-0.39, 0.29) is 16.6 Å². The van der Waals surface area contributed by atoms with E-state index in [0.29, 0.717) is 0 Å². The van der Waals surface area contributed by atoms with E-state index in [0.717, 1.165) is 17.1 Å². The summed E-state index contributed by atoms with van der Waals surface area (Å²) in [5.74, 6) is -2.85. The quantitative estimate of drug-likeness (QED) is 0.528. The van der Waals surface area contributed by atoms with Crippen LogP contribution < -0.4 is 5.56 Å². The van der Waals surface area contributed by atoms with E-state index < -0.39 is 36.5 Å². The Hall–Kier alpha value is -2.32. The summed E-state index contributed by atoms with van der Waals surface area (Å²) < 4.78 is 20.1. The molecule has 0 unspecified atom stereocenters. The number of fused-ring (bicyclic) bond motifs is 1. The zero-order chi connectivity index (χ0) is 16.1. The minimum atomic E-state index is -2.85. The van der Waals surface area contributed by atoms with Gasteiger partial charge in [-0.1, -0.05) is 0 Å². The van der Waals surface area contributed by atoms with Gasteiger partial charge in [-0.3, -0.25) is 4.79 Å². The summed E-state index contributed by atoms with van der Waals surface area (Å²) in [6.07, 6.45) is -2.93. The van der Waals surface area contributed by atoms with E-state index in [4.69, 9.17) is 15.1 Å². The smallest absolute Gasteiger partial charge is 0.263 e. The number of hydrogen-bond donors (Lipinski definition) is 4. The fourth-order valence-corrected chi connectivity index (χ4v) is 2.48. The monoisotopic (exact) mass is 310 g/mol. The van der Waals surface area contributed by atoms with Gasteiger partial charge in [0, 0.05) is 6.20 Å². The maximum absolute atomic E-state index is 14.1. The summed E-state index contributed by atoms with van der Waals surface area (Å²) in [5.41, 5.74) is -0.643. The van der Waals surface area contributed by atoms with Gasteiger partial charge in [0.1, 0.15) is 30.3 Å². The van der Waals surface area contributed by atoms with Gasteiger partial charge in [-0.25, -0.2) is 9.37 Å². The molecule has 1 saturated heterocycles. The second-order valence-electron chi connectivity index (χ2n) is 4.88. The lowest BCUT2D eigenvalue weighted by Gasteiger charge is -2.19. The second kappa shape index (κ2) is 4.85. The molecule has 0 radical (unpaired) electrons. The van der Waals surface area contributed by atoms with Crippen molar-refractivity contribution >= 4 is 11.0 Å². The normalized spacial score (nSPS) is 31.5. The number of nitrogens with one attached hydrogen (secondary N) is 1. The summed E-state index contributed by atoms with van der Waals surface area (Å²) in [7, 11) is 0. The molecule has 1 fully saturated rings. The number of aliphatic hydroxyl groups is 3. The van der Waals surface area contributed by atoms with Crippen LogP contribution in [0, 0.1) is 11.3 Å². The lowest BCUT2D eigenvalue weighted by molar-refractivity contribution is -0.206. The van der Waals surface area contributed by atoms with Gasteiger partial charge in [0.25, 0.3) is 11.4 Å². The fraction of sp³-hybridized carbons (Fsp3) is 0.417. The Labute approximate surface area is 121 Å². The maximum Gasteiger partial charge on any atom is 0.263 e. The van der Waals surface area contributed by atoms with Gasteiger partial charge in [0.05, 0.1) is 11.9 Å². The molecule has 4 atom stereocenters. The van der Waals surface area contributed by atoms with E-state index in [2.05, 4.69) is 9.97 Å². The van der Waals surface area contributed by atoms with E-state index in [9.17, 15) is 19.4 Å². The number of aromatic amines is 1. The van der Waals surface area contributed by atoms with Crippen molar-refractivity contribution in [3.05, 3.63) is 28.4 Å². The van der Waals surface area contributed by atoms with Gasteiger partial charge in [0.15, 0.2) is 11.9 Å². The Balaban J connectivity index is 2.19. The Bertz CT molecular complexity index is 827. The minimum Gasteiger partial charge on any atom is -0.390 e. The molecule has 0 bridgehead atoms. The maximum atomic E-state index is 14.1. The minimum absolute atomic E-state index is 0.0151. The van der Waals surface area contributed by atoms with Crippen LogP contribution in [0.5, 0.6) is 0 Å². The predicted octanol–water partition coefficient (Wildman–Crippen LogP) is -1.50. The Morgan fingerprint density at radius 2 is 2.32 bits per heavy atom. The largest absolute Gasteiger partial charge is 0.390 e. The van der Waals surface area contributed by atoms with Crippen molar-refractivity contribution in [2.75, 3.05) is 6.61 Å². The Morgan fingerprint density at radius 3 is 2.91 bits per heavy atom. The third-order valence-electron chi connectivity index (χ3n) is 3.60. The van der Waals surface area contributed by atoms with Crippen molar-refractivity contribution in [2.24, 2.45) is 0 Å². The molecule has 0 spiro atoms. The molecule has 4 N–H and O–H groups in total. The fourth-order valence-electron chi connectivity index (χ4n) is 2.48. The lowest BCUT2D eigenvalue weighted by atomic mass is 10.1. The van der Waals surface area contributed by atoms with Gasteiger partial charge < -0.3 is 29.6 Å². The van der Waals surface area contributed by atoms with Crippen molar-refractivity contribution in [1.82, 2.24) is 14.5 Å². The molecule has 0 saturated carbocycles. The molecule has 0 aliphatic carbocycles. The van der Waals surface area contributed by atoms with Crippen LogP contribution in [0.25, 0.3) is 11.0 Å². The van der Waals surface area contributed by atoms with Crippen molar-refractivity contribution in [3.8, 4) is 6.07 Å². The molecule has 2 aromatic heterocycles. The van der Waals surface area contributed by atoms with Crippen LogP contribution in [-0.4, -0.2) is 54.5 Å². The summed E-state index contributed by atoms with van der Waals surface area (Å²) in [5, 5.41) is 37.6. The van der Waals surface area contributed by atoms with Gasteiger partial charge >= 0.3 is 0 Å². The summed E-state index contributed by atoms with van der Waals surface area (Å²) >= 11 is 0. The number of aromatic nitrogens is 3. The highest BCUT2D eigenvalue weighted by atomic mass is 19.2. The highest BCUT2D eigenvalue weighted by molar-refractivity contribution is 5.82. The van der Waals surface area contributed by atoms with Crippen LogP contribution in [0.15, 0.2) is 17.3 Å². The van der Waals surface area contributed by atoms with Crippen LogP contribution in [-0.2, 0) is 4.74 Å². The van der Waals surface area contributed by atoms with Crippen LogP contribution in [0.2, 0.25) is 0 Å². The number of ether oxygens (including phenoxy) is 1. The molecule has 0 aromatic carbocycles. The molecule has 1 aliphatic rings. The molecule has 1 aliphatic heterocycles. The predicted molar refractivity (Wildman–Crippen MR) is 68.1 cm³/mol. The summed E-state index contributed by atoms with van der Waals surface area (Å²) in [4.78, 5) is 18.0. The number of aliphatic hydroxyl groups excluding tert-OH is 3. The number of hydrogen-bond acceptors (Lipinski definition) is 7. The van der Waals surface area contributed by atoms with Crippen LogP contribution in [0.4, 0.5) is 4.39 Å². The second-order valence-corrected chi connectivity index (χ2v) is 4.88. The number of halogens is 1. The third kappa shape index (κ3) is 1.84. The average molecular weight is 310 g/mol. The number of H-pyrrole nitrogens is 1. The first-order valence-electron chi connectivity index (χ1n) is 6.25. The number of rotatable bonds is 2. The van der Waals surface area contributed by atoms with Crippen LogP contribution in [0.3, 0.4) is 0 Å². The first kappa shape index (κ1) is 14.6. The topological polar surface area (TPSA) is 144 Å². The summed E-state index contributed by atoms with van der Waals surface area (Å²) in [6, 6.07) is 1.79. The van der Waals surface area contributed by atoms with Gasteiger partial charge in [-0.15, -0.1) is 0 Å². The van der Waals surface area contributed by atoms with Crippen molar-refractivity contribution in [2.45, 2.75) is 24.3 Å². The number of nitriles is 1. The van der Waals surface area contributed by atoms with E-state index >= 15 is 0 Å². The van der Waals surface area contributed by atoms with Gasteiger partial charge in [-0.05, 0) is 0 Å². The zero-order valence-corrected chi connectivity index (χ0v) is 11.0. The van der Waals surface area contributed by atoms with E-state index in [1.54, 1.807) is 6.07 Å². The molecule has 3 heterocycles. The van der Waals surface area contributed by atoms with Crippen LogP contribution in [0.1, 0.15) is 11.8 Å². The van der Waals surface area contributed by atoms with Gasteiger partial charge in [0.2, 0.25) is 0 Å². The molecule has 22 heavy (non-hydrogen) atoms. The zero-order valence-electron chi connectivity index (χ0n) is 11.0. The molecule has 9 nitrogen and oxygen atoms in total. The molecule has 3 rings (SSSR count). The summed E-state index contributed by atoms with van der Waals surface area (Å²) in [6.45, 7) is -1.17. The number of alkyl halides is 1. The Kier molecular flexibility index (Phi) is 3.22. The Morgan fingerprint density at radius 1 is 1.59 bits per heavy atom. The van der Waals surface area contributed by atoms with Crippen LogP contribution >= 0.6 is 0 Å². The molecular formula is C12H11FN4O5. The first-order valence-corrected chi connectivity index (χ1v) is 6.25. The molecular weight excluding hydrogens is 299 g/mol. The highest BCUT2D eigenvalue weighted by Crippen LogP contribution is 2.39.